The summed E-state index contributed by atoms with van der Waals surface area (Å²) in [4.78, 5) is 0. The van der Waals surface area contributed by atoms with Crippen molar-refractivity contribution in [3.63, 3.8) is 0 Å². The van der Waals surface area contributed by atoms with Gasteiger partial charge in [0, 0.05) is 47.8 Å². The molecule has 12 rings (SSSR count). The number of para-hydroxylation sites is 4. The molecule has 0 saturated heterocycles. The molecule has 0 unspecified atom stereocenters. The van der Waals surface area contributed by atoms with E-state index >= 15 is 0 Å². The summed E-state index contributed by atoms with van der Waals surface area (Å²) in [6, 6.07) is 60.8. The Labute approximate surface area is 331 Å². The van der Waals surface area contributed by atoms with Crippen LogP contribution in [0.15, 0.2) is 181 Å². The fraction of sp³-hybridized carbons (Fsp3) is 0.0192. The van der Waals surface area contributed by atoms with Gasteiger partial charge in [0.05, 0.1) is 43.7 Å². The van der Waals surface area contributed by atoms with Crippen molar-refractivity contribution in [3.05, 3.63) is 182 Å². The van der Waals surface area contributed by atoms with E-state index < -0.39 is 0 Å². The topological polar surface area (TPSA) is 46.8 Å². The Balaban J connectivity index is 0.00000121. The first-order chi connectivity index (χ1) is 28.2. The van der Waals surface area contributed by atoms with Gasteiger partial charge in [-0.1, -0.05) is 109 Å². The third kappa shape index (κ3) is 4.85. The van der Waals surface area contributed by atoms with E-state index in [2.05, 4.69) is 167 Å². The molecule has 0 aliphatic carbocycles. The van der Waals surface area contributed by atoms with Crippen LogP contribution in [0.5, 0.6) is 0 Å². The van der Waals surface area contributed by atoms with Gasteiger partial charge < -0.3 is 13.6 Å². The van der Waals surface area contributed by atoms with Crippen LogP contribution in [0, 0.1) is 11.3 Å². The monoisotopic (exact) mass is 747 g/mol. The van der Waals surface area contributed by atoms with Crippen LogP contribution in [0.2, 0.25) is 0 Å². The maximum absolute atomic E-state index is 9.83. The zero-order valence-corrected chi connectivity index (χ0v) is 31.8. The predicted molar refractivity (Wildman–Crippen MR) is 241 cm³/mol. The third-order valence-electron chi connectivity index (χ3n) is 11.2. The van der Waals surface area contributed by atoms with Gasteiger partial charge in [0.1, 0.15) is 6.07 Å². The summed E-state index contributed by atoms with van der Waals surface area (Å²) >= 11 is 1.87. The Morgan fingerprint density at radius 3 is 1.65 bits per heavy atom. The molecular formula is C52H33N3OS. The van der Waals surface area contributed by atoms with Crippen LogP contribution >= 0.6 is 11.3 Å². The minimum absolute atomic E-state index is 0.541. The molecule has 4 heterocycles. The van der Waals surface area contributed by atoms with Gasteiger partial charge in [-0.15, -0.1) is 17.9 Å². The predicted octanol–water partition coefficient (Wildman–Crippen LogP) is 14.9. The molecule has 4 nitrogen and oxygen atoms in total. The zero-order chi connectivity index (χ0) is 38.2. The molecule has 0 saturated carbocycles. The molecule has 0 atom stereocenters. The van der Waals surface area contributed by atoms with E-state index in [-0.39, 0.29) is 0 Å². The van der Waals surface area contributed by atoms with Gasteiger partial charge in [0.25, 0.3) is 0 Å². The average Bonchev–Trinajstić information content (AvgIpc) is 4.01. The number of rotatable bonds is 3. The molecule has 57 heavy (non-hydrogen) atoms. The molecule has 0 aliphatic heterocycles. The summed E-state index contributed by atoms with van der Waals surface area (Å²) in [5, 5.41) is 19.2. The maximum Gasteiger partial charge on any atom is 0.159 e. The van der Waals surface area contributed by atoms with Crippen molar-refractivity contribution in [3.8, 4) is 28.6 Å². The molecule has 8 aromatic carbocycles. The van der Waals surface area contributed by atoms with Crippen LogP contribution in [0.4, 0.5) is 0 Å². The molecule has 0 amide bonds. The molecular weight excluding hydrogens is 715 g/mol. The number of nitrogens with zero attached hydrogens (tertiary/aromatic N) is 3. The lowest BCUT2D eigenvalue weighted by Crippen LogP contribution is -1.94. The van der Waals surface area contributed by atoms with E-state index in [9.17, 15) is 5.26 Å². The number of hydrogen-bond acceptors (Lipinski definition) is 3. The Morgan fingerprint density at radius 2 is 1.00 bits per heavy atom. The summed E-state index contributed by atoms with van der Waals surface area (Å²) in [5.41, 5.74) is 11.0. The molecule has 0 fully saturated rings. The number of thiophene rings is 1. The highest BCUT2D eigenvalue weighted by atomic mass is 32.1. The number of fused-ring (bicyclic) bond motifs is 12. The molecule has 5 heteroatoms. The van der Waals surface area contributed by atoms with Gasteiger partial charge in [-0.05, 0) is 78.7 Å². The smallest absolute Gasteiger partial charge is 0.159 e. The van der Waals surface area contributed by atoms with Crippen LogP contribution < -0.4 is 0 Å². The fourth-order valence-electron chi connectivity index (χ4n) is 8.80. The first-order valence-corrected chi connectivity index (χ1v) is 19.9. The van der Waals surface area contributed by atoms with Crippen molar-refractivity contribution in [2.24, 2.45) is 0 Å². The molecule has 0 aliphatic rings. The van der Waals surface area contributed by atoms with Crippen molar-refractivity contribution in [1.29, 1.82) is 5.26 Å². The fourth-order valence-corrected chi connectivity index (χ4v) is 10.0. The van der Waals surface area contributed by atoms with Gasteiger partial charge in [0.15, 0.2) is 11.2 Å². The van der Waals surface area contributed by atoms with E-state index in [4.69, 9.17) is 4.42 Å². The highest BCUT2D eigenvalue weighted by Crippen LogP contribution is 2.43. The third-order valence-corrected chi connectivity index (χ3v) is 12.4. The second-order valence-corrected chi connectivity index (χ2v) is 15.4. The molecule has 0 spiro atoms. The summed E-state index contributed by atoms with van der Waals surface area (Å²) in [7, 11) is 0. The van der Waals surface area contributed by atoms with Crippen LogP contribution in [0.1, 0.15) is 12.5 Å². The van der Waals surface area contributed by atoms with E-state index in [0.717, 1.165) is 38.6 Å². The minimum Gasteiger partial charge on any atom is -0.452 e. The lowest BCUT2D eigenvalue weighted by Gasteiger charge is -2.10. The number of allylic oxidation sites excluding steroid dienone is 1. The molecule has 0 bridgehead atoms. The number of benzene rings is 8. The summed E-state index contributed by atoms with van der Waals surface area (Å²) < 4.78 is 13.9. The first-order valence-electron chi connectivity index (χ1n) is 19.1. The minimum atomic E-state index is 0.541. The lowest BCUT2D eigenvalue weighted by molar-refractivity contribution is 0.665. The standard InChI is InChI=1S/C49H27N3OS.C3H6/c50-28-31-10-7-14-35-36-15-8-19-44(48(36)53-47(31)35)51-40-17-4-1-11-32(40)38-26-29(22-24-42(38)51)30-23-25-43-39(27-30)33-12-2-5-18-41(33)52(43)45-20-9-16-37-34-13-3-6-21-46(34)54-49(37)45;1-3-2/h1-27H;3H,1H2,2H3. The Hall–Kier alpha value is -7.39. The Bertz CT molecular complexity index is 3640. The van der Waals surface area contributed by atoms with Gasteiger partial charge >= 0.3 is 0 Å². The summed E-state index contributed by atoms with van der Waals surface area (Å²) in [6.07, 6.45) is 1.75. The van der Waals surface area contributed by atoms with Crippen molar-refractivity contribution in [2.75, 3.05) is 0 Å². The number of hydrogen-bond donors (Lipinski definition) is 0. The second-order valence-electron chi connectivity index (χ2n) is 14.4. The largest absolute Gasteiger partial charge is 0.452 e. The zero-order valence-electron chi connectivity index (χ0n) is 31.0. The van der Waals surface area contributed by atoms with Crippen molar-refractivity contribution >= 4 is 97.1 Å². The maximum atomic E-state index is 9.83. The molecule has 4 aromatic heterocycles. The number of nitriles is 1. The van der Waals surface area contributed by atoms with Gasteiger partial charge in [-0.2, -0.15) is 5.26 Å². The quantitative estimate of drug-likeness (QED) is 0.169. The van der Waals surface area contributed by atoms with Crippen LogP contribution in [0.25, 0.3) is 108 Å². The normalized spacial score (nSPS) is 11.6. The lowest BCUT2D eigenvalue weighted by atomic mass is 10.0. The van der Waals surface area contributed by atoms with E-state index in [1.54, 1.807) is 6.08 Å². The summed E-state index contributed by atoms with van der Waals surface area (Å²) in [5.74, 6) is 0. The molecule has 268 valence electrons. The Kier molecular flexibility index (Phi) is 7.44. The SMILES string of the molecule is C=CC.N#Cc1cccc2c1oc1c(-n3c4ccccc4c4cc(-c5ccc6c(c5)c5ccccc5n6-c5cccc6c5sc5ccccc56)ccc43)cccc12. The van der Waals surface area contributed by atoms with Crippen molar-refractivity contribution in [2.45, 2.75) is 6.92 Å². The van der Waals surface area contributed by atoms with E-state index in [1.807, 2.05) is 36.5 Å². The van der Waals surface area contributed by atoms with Crippen LogP contribution in [-0.2, 0) is 0 Å². The molecule has 12 aromatic rings. The average molecular weight is 748 g/mol. The highest BCUT2D eigenvalue weighted by Gasteiger charge is 2.20. The molecule has 0 radical (unpaired) electrons. The Morgan fingerprint density at radius 1 is 0.509 bits per heavy atom. The van der Waals surface area contributed by atoms with Gasteiger partial charge in [-0.25, -0.2) is 0 Å². The second kappa shape index (κ2) is 12.8. The molecule has 0 N–H and O–H groups in total. The number of furan rings is 1. The summed E-state index contributed by atoms with van der Waals surface area (Å²) in [6.45, 7) is 5.25. The van der Waals surface area contributed by atoms with Crippen molar-refractivity contribution in [1.82, 2.24) is 9.13 Å². The first kappa shape index (κ1) is 33.0. The van der Waals surface area contributed by atoms with Crippen LogP contribution in [-0.4, -0.2) is 9.13 Å². The van der Waals surface area contributed by atoms with E-state index in [0.29, 0.717) is 11.1 Å². The number of aromatic nitrogens is 2. The van der Waals surface area contributed by atoms with Gasteiger partial charge in [-0.3, -0.25) is 0 Å². The van der Waals surface area contributed by atoms with Gasteiger partial charge in [0.2, 0.25) is 0 Å². The van der Waals surface area contributed by atoms with Crippen molar-refractivity contribution < 1.29 is 4.42 Å². The van der Waals surface area contributed by atoms with Crippen LogP contribution in [0.3, 0.4) is 0 Å². The highest BCUT2D eigenvalue weighted by molar-refractivity contribution is 7.26. The van der Waals surface area contributed by atoms with E-state index in [1.165, 1.54) is 64.0 Å².